The Morgan fingerprint density at radius 1 is 1.33 bits per heavy atom. The van der Waals surface area contributed by atoms with Gasteiger partial charge in [0.15, 0.2) is 5.78 Å². The summed E-state index contributed by atoms with van der Waals surface area (Å²) in [6, 6.07) is 4.19. The fraction of sp³-hybridized carbons (Fsp3) is 0.458. The number of halogens is 2. The minimum absolute atomic E-state index is 0.00826. The molecule has 0 radical (unpaired) electrons. The molecule has 9 heteroatoms. The standard InChI is InChI=1S/C24H27ClFNO5S/c1-5-33-10-9-32-24(30)18-13(3)27-16-11-12(2)17(23(29)31-4)22(28)20(16)21(18)19-14(25)7-6-8-15(19)26/h6-8,12,17,21,27H,5,9-11H2,1-4H3/t12-,17+,21-/m0/s1. The molecule has 1 heterocycles. The lowest BCUT2D eigenvalue weighted by atomic mass is 9.69. The molecule has 0 bridgehead atoms. The van der Waals surface area contributed by atoms with Crippen molar-refractivity contribution in [3.05, 3.63) is 57.1 Å². The van der Waals surface area contributed by atoms with Crippen LogP contribution in [0.3, 0.4) is 0 Å². The van der Waals surface area contributed by atoms with Gasteiger partial charge < -0.3 is 14.8 Å². The number of dihydropyridines is 1. The highest BCUT2D eigenvalue weighted by Gasteiger charge is 2.48. The van der Waals surface area contributed by atoms with Gasteiger partial charge >= 0.3 is 11.9 Å². The van der Waals surface area contributed by atoms with E-state index in [1.165, 1.54) is 25.3 Å². The van der Waals surface area contributed by atoms with Gasteiger partial charge in [-0.05, 0) is 37.1 Å². The molecule has 3 atom stereocenters. The van der Waals surface area contributed by atoms with Crippen molar-refractivity contribution in [1.82, 2.24) is 5.32 Å². The first-order chi connectivity index (χ1) is 15.7. The van der Waals surface area contributed by atoms with E-state index in [-0.39, 0.29) is 34.3 Å². The highest BCUT2D eigenvalue weighted by Crippen LogP contribution is 2.47. The zero-order valence-electron chi connectivity index (χ0n) is 19.0. The van der Waals surface area contributed by atoms with Crippen molar-refractivity contribution < 1.29 is 28.2 Å². The molecular weight excluding hydrogens is 469 g/mol. The van der Waals surface area contributed by atoms with E-state index in [0.29, 0.717) is 23.6 Å². The number of nitrogens with one attached hydrogen (secondary N) is 1. The summed E-state index contributed by atoms with van der Waals surface area (Å²) in [6.45, 7) is 5.64. The van der Waals surface area contributed by atoms with Crippen molar-refractivity contribution >= 4 is 41.1 Å². The molecule has 2 aliphatic rings. The Kier molecular flexibility index (Phi) is 8.23. The van der Waals surface area contributed by atoms with E-state index in [2.05, 4.69) is 5.32 Å². The summed E-state index contributed by atoms with van der Waals surface area (Å²) in [5.74, 6) is -3.48. The van der Waals surface area contributed by atoms with Gasteiger partial charge in [0.25, 0.3) is 0 Å². The molecular formula is C24H27ClFNO5S. The van der Waals surface area contributed by atoms with E-state index in [0.717, 1.165) is 5.75 Å². The Morgan fingerprint density at radius 3 is 2.70 bits per heavy atom. The molecule has 33 heavy (non-hydrogen) atoms. The zero-order valence-corrected chi connectivity index (χ0v) is 20.6. The number of hydrogen-bond acceptors (Lipinski definition) is 7. The summed E-state index contributed by atoms with van der Waals surface area (Å²) in [5.41, 5.74) is 1.27. The van der Waals surface area contributed by atoms with Crippen LogP contribution in [0.1, 0.15) is 38.7 Å². The first kappa shape index (κ1) is 25.3. The van der Waals surface area contributed by atoms with Crippen molar-refractivity contribution in [3.8, 4) is 0 Å². The van der Waals surface area contributed by atoms with Gasteiger partial charge in [-0.1, -0.05) is 31.5 Å². The first-order valence-electron chi connectivity index (χ1n) is 10.7. The molecule has 178 valence electrons. The van der Waals surface area contributed by atoms with Crippen molar-refractivity contribution in [2.45, 2.75) is 33.1 Å². The Hall–Kier alpha value is -2.32. The Labute approximate surface area is 201 Å². The number of hydrogen-bond donors (Lipinski definition) is 1. The average molecular weight is 496 g/mol. The molecule has 0 saturated carbocycles. The summed E-state index contributed by atoms with van der Waals surface area (Å²) in [4.78, 5) is 39.2. The molecule has 1 aromatic rings. The van der Waals surface area contributed by atoms with Gasteiger partial charge in [0.1, 0.15) is 18.3 Å². The van der Waals surface area contributed by atoms with Crippen molar-refractivity contribution in [3.63, 3.8) is 0 Å². The summed E-state index contributed by atoms with van der Waals surface area (Å²) in [6.07, 6.45) is 0.357. The molecule has 1 N–H and O–H groups in total. The lowest BCUT2D eigenvalue weighted by molar-refractivity contribution is -0.151. The van der Waals surface area contributed by atoms with Crippen LogP contribution in [-0.4, -0.2) is 42.9 Å². The van der Waals surface area contributed by atoms with E-state index in [1.807, 2.05) is 6.92 Å². The third-order valence-electron chi connectivity index (χ3n) is 5.92. The Bertz CT molecular complexity index is 1020. The topological polar surface area (TPSA) is 81.7 Å². The number of benzene rings is 1. The summed E-state index contributed by atoms with van der Waals surface area (Å²) in [5, 5.41) is 3.22. The smallest absolute Gasteiger partial charge is 0.336 e. The van der Waals surface area contributed by atoms with Gasteiger partial charge in [0, 0.05) is 33.3 Å². The summed E-state index contributed by atoms with van der Waals surface area (Å²) in [7, 11) is 1.22. The van der Waals surface area contributed by atoms with Crippen LogP contribution in [0.2, 0.25) is 5.02 Å². The number of methoxy groups -OCH3 is 1. The number of carbonyl (C=O) groups is 3. The maximum atomic E-state index is 15.1. The number of thioether (sulfide) groups is 1. The summed E-state index contributed by atoms with van der Waals surface area (Å²) < 4.78 is 25.5. The molecule has 0 saturated heterocycles. The largest absolute Gasteiger partial charge is 0.468 e. The molecule has 0 fully saturated rings. The number of ether oxygens (including phenoxy) is 2. The maximum Gasteiger partial charge on any atom is 0.336 e. The molecule has 1 aliphatic heterocycles. The van der Waals surface area contributed by atoms with E-state index in [1.54, 1.807) is 25.6 Å². The second kappa shape index (κ2) is 10.7. The predicted octanol–water partition coefficient (Wildman–Crippen LogP) is 4.39. The molecule has 0 aromatic heterocycles. The van der Waals surface area contributed by atoms with Crippen molar-refractivity contribution in [1.29, 1.82) is 0 Å². The summed E-state index contributed by atoms with van der Waals surface area (Å²) >= 11 is 8.02. The number of Topliss-reactive ketones (excluding diaryl/α,β-unsaturated/α-hetero) is 1. The van der Waals surface area contributed by atoms with Crippen molar-refractivity contribution in [2.24, 2.45) is 11.8 Å². The van der Waals surface area contributed by atoms with Gasteiger partial charge in [0.05, 0.1) is 18.6 Å². The monoisotopic (exact) mass is 495 g/mol. The van der Waals surface area contributed by atoms with E-state index in [4.69, 9.17) is 21.1 Å². The van der Waals surface area contributed by atoms with Gasteiger partial charge in [-0.2, -0.15) is 11.8 Å². The van der Waals surface area contributed by atoms with Gasteiger partial charge in [-0.25, -0.2) is 9.18 Å². The second-order valence-corrected chi connectivity index (χ2v) is 9.80. The van der Waals surface area contributed by atoms with Crippen LogP contribution in [-0.2, 0) is 23.9 Å². The molecule has 1 aliphatic carbocycles. The lowest BCUT2D eigenvalue weighted by Gasteiger charge is -2.38. The fourth-order valence-electron chi connectivity index (χ4n) is 4.44. The van der Waals surface area contributed by atoms with Crippen LogP contribution in [0.15, 0.2) is 40.7 Å². The Morgan fingerprint density at radius 2 is 2.06 bits per heavy atom. The SMILES string of the molecule is CCSCCOC(=O)C1=C(C)NC2=C(C(=O)[C@H](C(=O)OC)[C@@H](C)C2)[C@@H]1c1c(F)cccc1Cl. The van der Waals surface area contributed by atoms with Crippen LogP contribution in [0.25, 0.3) is 0 Å². The minimum atomic E-state index is -1.10. The third-order valence-corrected chi connectivity index (χ3v) is 7.11. The highest BCUT2D eigenvalue weighted by atomic mass is 35.5. The zero-order chi connectivity index (χ0) is 24.3. The van der Waals surface area contributed by atoms with E-state index >= 15 is 4.39 Å². The lowest BCUT2D eigenvalue weighted by Crippen LogP contribution is -2.43. The van der Waals surface area contributed by atoms with Crippen LogP contribution < -0.4 is 5.32 Å². The number of rotatable bonds is 7. The van der Waals surface area contributed by atoms with Crippen LogP contribution in [0.4, 0.5) is 4.39 Å². The predicted molar refractivity (Wildman–Crippen MR) is 125 cm³/mol. The highest BCUT2D eigenvalue weighted by molar-refractivity contribution is 7.99. The third kappa shape index (κ3) is 4.96. The minimum Gasteiger partial charge on any atom is -0.468 e. The van der Waals surface area contributed by atoms with Gasteiger partial charge in [-0.3, -0.25) is 9.59 Å². The average Bonchev–Trinajstić information content (AvgIpc) is 2.75. The molecule has 0 spiro atoms. The molecule has 1 aromatic carbocycles. The molecule has 6 nitrogen and oxygen atoms in total. The van der Waals surface area contributed by atoms with E-state index in [9.17, 15) is 14.4 Å². The molecule has 0 amide bonds. The van der Waals surface area contributed by atoms with Gasteiger partial charge in [0.2, 0.25) is 0 Å². The van der Waals surface area contributed by atoms with E-state index < -0.39 is 35.4 Å². The number of ketones is 1. The van der Waals surface area contributed by atoms with Gasteiger partial charge in [-0.15, -0.1) is 0 Å². The fourth-order valence-corrected chi connectivity index (χ4v) is 5.20. The van der Waals surface area contributed by atoms with Crippen LogP contribution >= 0.6 is 23.4 Å². The Balaban J connectivity index is 2.14. The molecule has 0 unspecified atom stereocenters. The number of allylic oxidation sites excluding steroid dienone is 3. The number of carbonyl (C=O) groups excluding carboxylic acids is 3. The second-order valence-electron chi connectivity index (χ2n) is 8.00. The molecule has 3 rings (SSSR count). The van der Waals surface area contributed by atoms with Crippen LogP contribution in [0, 0.1) is 17.7 Å². The van der Waals surface area contributed by atoms with Crippen LogP contribution in [0.5, 0.6) is 0 Å². The normalized spacial score (nSPS) is 22.6. The van der Waals surface area contributed by atoms with Crippen molar-refractivity contribution in [2.75, 3.05) is 25.2 Å². The first-order valence-corrected chi connectivity index (χ1v) is 12.3. The maximum absolute atomic E-state index is 15.1. The number of esters is 2. The quantitative estimate of drug-likeness (QED) is 0.341.